The van der Waals surface area contributed by atoms with Gasteiger partial charge in [-0.05, 0) is 6.07 Å². The Morgan fingerprint density at radius 3 is 2.94 bits per heavy atom. The lowest BCUT2D eigenvalue weighted by Crippen LogP contribution is -2.14. The summed E-state index contributed by atoms with van der Waals surface area (Å²) in [5.74, 6) is -1.41. The van der Waals surface area contributed by atoms with Gasteiger partial charge in [0, 0.05) is 6.20 Å². The molecule has 1 heterocycles. The molecule has 1 aromatic heterocycles. The molecule has 0 spiro atoms. The first kappa shape index (κ1) is 11.4. The zero-order valence-electron chi connectivity index (χ0n) is 7.88. The van der Waals surface area contributed by atoms with Crippen LogP contribution in [0.4, 0.5) is 11.5 Å². The number of aliphatic carboxylic acids is 1. The van der Waals surface area contributed by atoms with Gasteiger partial charge in [-0.25, -0.2) is 4.98 Å². The molecule has 0 aromatic carbocycles. The van der Waals surface area contributed by atoms with Gasteiger partial charge in [0.05, 0.1) is 4.92 Å². The minimum Gasteiger partial charge on any atom is -0.480 e. The second-order valence-corrected chi connectivity index (χ2v) is 2.67. The van der Waals surface area contributed by atoms with Crippen LogP contribution >= 0.6 is 0 Å². The molecular formula is C8H6N4O4. The number of nitro groups is 1. The van der Waals surface area contributed by atoms with Crippen molar-refractivity contribution in [1.82, 2.24) is 4.98 Å². The van der Waals surface area contributed by atoms with Crippen LogP contribution in [0, 0.1) is 21.4 Å². The van der Waals surface area contributed by atoms with Gasteiger partial charge in [0.15, 0.2) is 0 Å². The maximum Gasteiger partial charge on any atom is 0.328 e. The predicted molar refractivity (Wildman–Crippen MR) is 51.7 cm³/mol. The number of rotatable bonds is 4. The summed E-state index contributed by atoms with van der Waals surface area (Å²) in [6.45, 7) is -0.511. The molecule has 0 saturated heterocycles. The van der Waals surface area contributed by atoms with E-state index in [1.807, 2.05) is 0 Å². The van der Waals surface area contributed by atoms with E-state index < -0.39 is 23.1 Å². The highest BCUT2D eigenvalue weighted by Crippen LogP contribution is 2.25. The lowest BCUT2D eigenvalue weighted by molar-refractivity contribution is -0.384. The summed E-state index contributed by atoms with van der Waals surface area (Å²) < 4.78 is 0. The van der Waals surface area contributed by atoms with Gasteiger partial charge < -0.3 is 10.4 Å². The number of nitrogens with one attached hydrogen (secondary N) is 1. The van der Waals surface area contributed by atoms with Gasteiger partial charge in [-0.3, -0.25) is 14.9 Å². The summed E-state index contributed by atoms with van der Waals surface area (Å²) in [4.78, 5) is 23.8. The van der Waals surface area contributed by atoms with E-state index in [4.69, 9.17) is 10.4 Å². The quantitative estimate of drug-likeness (QED) is 0.555. The standard InChI is InChI=1S/C8H6N4O4/c9-3-5-1-2-10-8(7(5)12(15)16)11-4-6(13)14/h1-2H,4H2,(H,10,11)(H,13,14). The number of carbonyl (C=O) groups is 1. The van der Waals surface area contributed by atoms with Crippen LogP contribution in [-0.4, -0.2) is 27.5 Å². The Hall–Kier alpha value is -2.69. The molecule has 0 aliphatic carbocycles. The van der Waals surface area contributed by atoms with Crippen LogP contribution in [0.1, 0.15) is 5.56 Å². The van der Waals surface area contributed by atoms with E-state index in [0.29, 0.717) is 0 Å². The molecular weight excluding hydrogens is 216 g/mol. The number of carboxylic acid groups (broad SMARTS) is 1. The van der Waals surface area contributed by atoms with Crippen molar-refractivity contribution >= 4 is 17.5 Å². The van der Waals surface area contributed by atoms with Crippen molar-refractivity contribution in [2.45, 2.75) is 0 Å². The van der Waals surface area contributed by atoms with Crippen LogP contribution in [0.3, 0.4) is 0 Å². The maximum atomic E-state index is 10.7. The molecule has 8 heteroatoms. The highest BCUT2D eigenvalue weighted by atomic mass is 16.6. The third kappa shape index (κ3) is 2.42. The second-order valence-electron chi connectivity index (χ2n) is 2.67. The summed E-state index contributed by atoms with van der Waals surface area (Å²) >= 11 is 0. The van der Waals surface area contributed by atoms with Crippen molar-refractivity contribution in [1.29, 1.82) is 5.26 Å². The fourth-order valence-electron chi connectivity index (χ4n) is 1.02. The van der Waals surface area contributed by atoms with Crippen LogP contribution < -0.4 is 5.32 Å². The number of aromatic nitrogens is 1. The molecule has 0 aliphatic heterocycles. The average molecular weight is 222 g/mol. The zero-order valence-corrected chi connectivity index (χ0v) is 7.88. The van der Waals surface area contributed by atoms with Gasteiger partial charge in [0.25, 0.3) is 0 Å². The number of hydrogen-bond acceptors (Lipinski definition) is 6. The minimum atomic E-state index is -1.18. The normalized spacial score (nSPS) is 9.19. The first-order valence-electron chi connectivity index (χ1n) is 4.05. The maximum absolute atomic E-state index is 10.7. The van der Waals surface area contributed by atoms with E-state index in [0.717, 1.165) is 0 Å². The number of carboxylic acids is 1. The zero-order chi connectivity index (χ0) is 12.1. The SMILES string of the molecule is N#Cc1ccnc(NCC(=O)O)c1[N+](=O)[O-]. The van der Waals surface area contributed by atoms with Crippen molar-refractivity contribution in [2.24, 2.45) is 0 Å². The molecule has 8 nitrogen and oxygen atoms in total. The lowest BCUT2D eigenvalue weighted by Gasteiger charge is -2.03. The van der Waals surface area contributed by atoms with Crippen molar-refractivity contribution in [3.05, 3.63) is 27.9 Å². The fraction of sp³-hybridized carbons (Fsp3) is 0.125. The number of nitrogens with zero attached hydrogens (tertiary/aromatic N) is 3. The van der Waals surface area contributed by atoms with Gasteiger partial charge in [-0.2, -0.15) is 5.26 Å². The first-order chi connectivity index (χ1) is 7.56. The van der Waals surface area contributed by atoms with E-state index in [1.165, 1.54) is 12.3 Å². The molecule has 1 rings (SSSR count). The van der Waals surface area contributed by atoms with Gasteiger partial charge >= 0.3 is 11.7 Å². The van der Waals surface area contributed by atoms with Crippen molar-refractivity contribution in [2.75, 3.05) is 11.9 Å². The number of nitriles is 1. The summed E-state index contributed by atoms with van der Waals surface area (Å²) in [5, 5.41) is 30.0. The fourth-order valence-corrected chi connectivity index (χ4v) is 1.02. The summed E-state index contributed by atoms with van der Waals surface area (Å²) in [6.07, 6.45) is 1.19. The van der Waals surface area contributed by atoms with Gasteiger partial charge in [-0.15, -0.1) is 0 Å². The van der Waals surface area contributed by atoms with Crippen LogP contribution in [-0.2, 0) is 4.79 Å². The molecule has 0 unspecified atom stereocenters. The Balaban J connectivity index is 3.13. The Kier molecular flexibility index (Phi) is 3.34. The molecule has 0 radical (unpaired) electrons. The van der Waals surface area contributed by atoms with E-state index in [1.54, 1.807) is 6.07 Å². The largest absolute Gasteiger partial charge is 0.480 e. The molecule has 0 atom stereocenters. The molecule has 0 fully saturated rings. The number of hydrogen-bond donors (Lipinski definition) is 2. The van der Waals surface area contributed by atoms with Gasteiger partial charge in [0.2, 0.25) is 5.82 Å². The molecule has 82 valence electrons. The summed E-state index contributed by atoms with van der Waals surface area (Å²) in [6, 6.07) is 2.82. The van der Waals surface area contributed by atoms with E-state index >= 15 is 0 Å². The van der Waals surface area contributed by atoms with E-state index in [2.05, 4.69) is 10.3 Å². The highest BCUT2D eigenvalue weighted by molar-refractivity contribution is 5.74. The Labute approximate surface area is 89.3 Å². The smallest absolute Gasteiger partial charge is 0.328 e. The predicted octanol–water partition coefficient (Wildman–Crippen LogP) is 0.358. The lowest BCUT2D eigenvalue weighted by atomic mass is 10.2. The Bertz CT molecular complexity index is 479. The van der Waals surface area contributed by atoms with Crippen LogP contribution in [0.15, 0.2) is 12.3 Å². The van der Waals surface area contributed by atoms with Gasteiger partial charge in [-0.1, -0.05) is 0 Å². The van der Waals surface area contributed by atoms with Crippen molar-refractivity contribution < 1.29 is 14.8 Å². The Morgan fingerprint density at radius 2 is 2.44 bits per heavy atom. The van der Waals surface area contributed by atoms with Crippen molar-refractivity contribution in [3.63, 3.8) is 0 Å². The molecule has 1 aromatic rings. The molecule has 0 amide bonds. The monoisotopic (exact) mass is 222 g/mol. The first-order valence-corrected chi connectivity index (χ1v) is 4.05. The van der Waals surface area contributed by atoms with Crippen molar-refractivity contribution in [3.8, 4) is 6.07 Å². The third-order valence-electron chi connectivity index (χ3n) is 1.63. The topological polar surface area (TPSA) is 129 Å². The van der Waals surface area contributed by atoms with Gasteiger partial charge in [0.1, 0.15) is 18.2 Å². The van der Waals surface area contributed by atoms with E-state index in [-0.39, 0.29) is 11.4 Å². The molecule has 0 aliphatic rings. The van der Waals surface area contributed by atoms with Crippen LogP contribution in [0.25, 0.3) is 0 Å². The average Bonchev–Trinajstić information content (AvgIpc) is 2.25. The molecule has 2 N–H and O–H groups in total. The molecule has 16 heavy (non-hydrogen) atoms. The summed E-state index contributed by atoms with van der Waals surface area (Å²) in [5.41, 5.74) is -0.695. The highest BCUT2D eigenvalue weighted by Gasteiger charge is 2.21. The summed E-state index contributed by atoms with van der Waals surface area (Å²) in [7, 11) is 0. The molecule has 0 saturated carbocycles. The third-order valence-corrected chi connectivity index (χ3v) is 1.63. The minimum absolute atomic E-state index is 0.173. The van der Waals surface area contributed by atoms with Crippen LogP contribution in [0.5, 0.6) is 0 Å². The van der Waals surface area contributed by atoms with Crippen LogP contribution in [0.2, 0.25) is 0 Å². The second kappa shape index (κ2) is 4.70. The van der Waals surface area contributed by atoms with E-state index in [9.17, 15) is 14.9 Å². The number of pyridine rings is 1. The Morgan fingerprint density at radius 1 is 1.75 bits per heavy atom. The molecule has 0 bridgehead atoms. The number of anilines is 1.